The largest absolute Gasteiger partial charge is 0.597 e. The molecule has 10 nitrogen and oxygen atoms in total. The van der Waals surface area contributed by atoms with Gasteiger partial charge in [0.15, 0.2) is 29.4 Å². The topological polar surface area (TPSA) is 134 Å². The minimum Gasteiger partial charge on any atom is -0.597 e. The number of likely N-dealkylation sites (tertiary alicyclic amines) is 1. The van der Waals surface area contributed by atoms with Gasteiger partial charge in [-0.25, -0.2) is 4.79 Å². The molecule has 0 radical (unpaired) electrons. The third kappa shape index (κ3) is 6.86. The number of carbonyl (C=O) groups excluding carboxylic acids is 4. The van der Waals surface area contributed by atoms with Crippen molar-refractivity contribution >= 4 is 45.3 Å². The first-order chi connectivity index (χ1) is 15.6. The van der Waals surface area contributed by atoms with Crippen LogP contribution in [-0.2, 0) is 34.3 Å². The minimum atomic E-state index is -2.11. The molecule has 2 rings (SSSR count). The van der Waals surface area contributed by atoms with Crippen LogP contribution >= 0.6 is 10.7 Å². The van der Waals surface area contributed by atoms with E-state index in [0.717, 1.165) is 4.90 Å². The Hall–Kier alpha value is -2.76. The number of nitrogens with zero attached hydrogens (tertiary/aromatic N) is 1. The molecule has 1 aromatic carbocycles. The standard InChI is InChI=1S/C21H25ClN2O8S/c1-12(2)9-31-21(28)18(13(3)4)24-19(27)17(20(24)33(22)29)23-16(26)10-30-14-6-5-7-15(8-14)32-11-25/h5-8,11-12,17-18,20H,3,9-10H2,1-2,4H3,(H,23,26). The molecule has 1 N–H and O–H groups in total. The average Bonchev–Trinajstić information content (AvgIpc) is 2.74. The summed E-state index contributed by atoms with van der Waals surface area (Å²) in [6.45, 7) is 8.88. The molecule has 33 heavy (non-hydrogen) atoms. The van der Waals surface area contributed by atoms with Gasteiger partial charge in [-0.2, -0.15) is 0 Å². The Morgan fingerprint density at radius 3 is 2.61 bits per heavy atom. The van der Waals surface area contributed by atoms with Crippen LogP contribution in [0.1, 0.15) is 20.8 Å². The highest BCUT2D eigenvalue weighted by atomic mass is 35.7. The Morgan fingerprint density at radius 2 is 2.03 bits per heavy atom. The molecule has 0 bridgehead atoms. The van der Waals surface area contributed by atoms with Crippen LogP contribution in [-0.4, -0.2) is 64.4 Å². The quantitative estimate of drug-likeness (QED) is 0.149. The molecular weight excluding hydrogens is 476 g/mol. The zero-order valence-corrected chi connectivity index (χ0v) is 19.9. The second-order valence-corrected chi connectivity index (χ2v) is 9.57. The summed E-state index contributed by atoms with van der Waals surface area (Å²) in [5, 5.41) is 1.25. The summed E-state index contributed by atoms with van der Waals surface area (Å²) in [5.74, 6) is -1.52. The normalized spacial score (nSPS) is 19.2. The van der Waals surface area contributed by atoms with Gasteiger partial charge in [0, 0.05) is 6.07 Å². The summed E-state index contributed by atoms with van der Waals surface area (Å²) in [4.78, 5) is 49.1. The first kappa shape index (κ1) is 26.5. The van der Waals surface area contributed by atoms with Crippen LogP contribution in [0.5, 0.6) is 11.5 Å². The molecule has 1 aromatic rings. The maximum Gasteiger partial charge on any atom is 0.333 e. The van der Waals surface area contributed by atoms with Gasteiger partial charge in [0.25, 0.3) is 18.3 Å². The highest BCUT2D eigenvalue weighted by molar-refractivity contribution is 8.14. The zero-order chi connectivity index (χ0) is 24.7. The van der Waals surface area contributed by atoms with Crippen molar-refractivity contribution in [3.63, 3.8) is 0 Å². The molecule has 1 saturated heterocycles. The third-order valence-electron chi connectivity index (χ3n) is 4.47. The van der Waals surface area contributed by atoms with Crippen molar-refractivity contribution in [3.05, 3.63) is 36.4 Å². The predicted octanol–water partition coefficient (Wildman–Crippen LogP) is 1.30. The maximum absolute atomic E-state index is 12.8. The van der Waals surface area contributed by atoms with Crippen LogP contribution in [0.3, 0.4) is 0 Å². The fourth-order valence-electron chi connectivity index (χ4n) is 3.03. The molecule has 4 atom stereocenters. The SMILES string of the molecule is C=C(C)C(C(=O)OCC(C)C)N1C(=O)C(NC(=O)COc2cccc(OC=O)c2)C1[S+]([O-])Cl. The highest BCUT2D eigenvalue weighted by Gasteiger charge is 2.60. The summed E-state index contributed by atoms with van der Waals surface area (Å²) in [6, 6.07) is 3.61. The molecule has 1 aliphatic rings. The van der Waals surface area contributed by atoms with Gasteiger partial charge in [0.2, 0.25) is 5.37 Å². The third-order valence-corrected chi connectivity index (χ3v) is 5.90. The molecule has 0 aliphatic carbocycles. The van der Waals surface area contributed by atoms with Crippen LogP contribution in [0.25, 0.3) is 0 Å². The van der Waals surface area contributed by atoms with Crippen molar-refractivity contribution in [1.29, 1.82) is 0 Å². The number of ether oxygens (including phenoxy) is 3. The van der Waals surface area contributed by atoms with Crippen LogP contribution in [0, 0.1) is 5.92 Å². The molecule has 12 heteroatoms. The lowest BCUT2D eigenvalue weighted by Crippen LogP contribution is -2.76. The van der Waals surface area contributed by atoms with Gasteiger partial charge >= 0.3 is 5.97 Å². The van der Waals surface area contributed by atoms with Gasteiger partial charge < -0.3 is 24.1 Å². The van der Waals surface area contributed by atoms with Gasteiger partial charge in [0.1, 0.15) is 11.5 Å². The molecule has 1 aliphatic heterocycles. The van der Waals surface area contributed by atoms with Crippen molar-refractivity contribution in [2.75, 3.05) is 13.2 Å². The number of esters is 1. The van der Waals surface area contributed by atoms with Gasteiger partial charge in [-0.15, -0.1) is 0 Å². The van der Waals surface area contributed by atoms with Crippen LogP contribution < -0.4 is 14.8 Å². The van der Waals surface area contributed by atoms with Gasteiger partial charge in [-0.1, -0.05) is 26.5 Å². The summed E-state index contributed by atoms with van der Waals surface area (Å²) >= 11 is 0. The molecular formula is C21H25ClN2O8S. The molecule has 1 heterocycles. The molecule has 0 saturated carbocycles. The van der Waals surface area contributed by atoms with Crippen molar-refractivity contribution < 1.29 is 37.9 Å². The summed E-state index contributed by atoms with van der Waals surface area (Å²) in [6.07, 6.45) is 0. The van der Waals surface area contributed by atoms with Gasteiger partial charge in [-0.05, 0) is 30.5 Å². The number of hydrogen-bond donors (Lipinski definition) is 1. The second kappa shape index (κ2) is 11.9. The smallest absolute Gasteiger partial charge is 0.333 e. The second-order valence-electron chi connectivity index (χ2n) is 7.68. The number of carbonyl (C=O) groups is 4. The number of nitrogens with one attached hydrogen (secondary N) is 1. The van der Waals surface area contributed by atoms with Gasteiger partial charge in [0.05, 0.1) is 17.0 Å². The predicted molar refractivity (Wildman–Crippen MR) is 120 cm³/mol. The Kier molecular flexibility index (Phi) is 9.56. The lowest BCUT2D eigenvalue weighted by atomic mass is 9.99. The van der Waals surface area contributed by atoms with E-state index >= 15 is 0 Å². The van der Waals surface area contributed by atoms with E-state index in [1.807, 2.05) is 13.8 Å². The Bertz CT molecular complexity index is 910. The minimum absolute atomic E-state index is 0.0718. The van der Waals surface area contributed by atoms with E-state index in [-0.39, 0.29) is 30.5 Å². The Morgan fingerprint density at radius 1 is 1.36 bits per heavy atom. The number of β-lactam (4-membered cyclic amide) rings is 1. The summed E-state index contributed by atoms with van der Waals surface area (Å²) < 4.78 is 27.4. The summed E-state index contributed by atoms with van der Waals surface area (Å²) in [5.41, 5.74) is 0.301. The average molecular weight is 501 g/mol. The first-order valence-electron chi connectivity index (χ1n) is 9.90. The summed E-state index contributed by atoms with van der Waals surface area (Å²) in [7, 11) is 3.68. The van der Waals surface area contributed by atoms with E-state index in [1.54, 1.807) is 6.07 Å². The molecule has 4 unspecified atom stereocenters. The lowest BCUT2D eigenvalue weighted by Gasteiger charge is -2.47. The lowest BCUT2D eigenvalue weighted by molar-refractivity contribution is -0.163. The number of hydrogen-bond acceptors (Lipinski definition) is 8. The Balaban J connectivity index is 2.04. The molecule has 180 valence electrons. The first-order valence-corrected chi connectivity index (χ1v) is 11.9. The number of halogens is 1. The fraction of sp³-hybridized carbons (Fsp3) is 0.429. The molecule has 1 fully saturated rings. The number of rotatable bonds is 12. The highest BCUT2D eigenvalue weighted by Crippen LogP contribution is 2.32. The van der Waals surface area contributed by atoms with Crippen LogP contribution in [0.2, 0.25) is 0 Å². The molecule has 2 amide bonds. The van der Waals surface area contributed by atoms with E-state index in [9.17, 15) is 23.7 Å². The van der Waals surface area contributed by atoms with Crippen LogP contribution in [0.4, 0.5) is 0 Å². The van der Waals surface area contributed by atoms with E-state index in [0.29, 0.717) is 5.57 Å². The van der Waals surface area contributed by atoms with Crippen molar-refractivity contribution in [2.45, 2.75) is 38.2 Å². The Labute approximate surface area is 198 Å². The van der Waals surface area contributed by atoms with Crippen LogP contribution in [0.15, 0.2) is 36.4 Å². The fourth-order valence-corrected chi connectivity index (χ4v) is 4.40. The van der Waals surface area contributed by atoms with Crippen molar-refractivity contribution in [3.8, 4) is 11.5 Å². The zero-order valence-electron chi connectivity index (χ0n) is 18.3. The number of benzene rings is 1. The van der Waals surface area contributed by atoms with E-state index < -0.39 is 52.2 Å². The number of amides is 2. The monoisotopic (exact) mass is 500 g/mol. The molecule has 0 spiro atoms. The molecule has 0 aromatic heterocycles. The van der Waals surface area contributed by atoms with E-state index in [1.165, 1.54) is 25.1 Å². The van der Waals surface area contributed by atoms with Crippen molar-refractivity contribution in [2.24, 2.45) is 5.92 Å². The van der Waals surface area contributed by atoms with Crippen molar-refractivity contribution in [1.82, 2.24) is 10.2 Å². The maximum atomic E-state index is 12.8. The van der Waals surface area contributed by atoms with E-state index in [4.69, 9.17) is 24.9 Å². The van der Waals surface area contributed by atoms with Gasteiger partial charge in [-0.3, -0.25) is 19.3 Å². The van der Waals surface area contributed by atoms with E-state index in [2.05, 4.69) is 11.9 Å².